The molecular weight excluding hydrogens is 342 g/mol. The number of allylic oxidation sites excluding steroid dienone is 1. The van der Waals surface area contributed by atoms with E-state index in [1.165, 1.54) is 23.3 Å². The zero-order chi connectivity index (χ0) is 18.7. The molecule has 0 bridgehead atoms. The number of anilines is 1. The van der Waals surface area contributed by atoms with Gasteiger partial charge in [-0.2, -0.15) is 0 Å². The number of carbonyl (C=O) groups excluding carboxylic acids is 1. The second-order valence-electron chi connectivity index (χ2n) is 5.39. The molecule has 1 unspecified atom stereocenters. The molecule has 2 aromatic rings. The van der Waals surface area contributed by atoms with Gasteiger partial charge in [-0.1, -0.05) is 11.8 Å². The molecule has 1 aliphatic rings. The van der Waals surface area contributed by atoms with E-state index in [1.54, 1.807) is 6.92 Å². The van der Waals surface area contributed by atoms with E-state index in [4.69, 9.17) is 15.2 Å². The monoisotopic (exact) mass is 359 g/mol. The van der Waals surface area contributed by atoms with Crippen molar-refractivity contribution in [2.75, 3.05) is 12.3 Å². The number of fused-ring (bicyclic) bond motifs is 1. The number of aliphatic hydroxyl groups is 2. The van der Waals surface area contributed by atoms with Crippen LogP contribution >= 0.6 is 0 Å². The highest BCUT2D eigenvalue weighted by molar-refractivity contribution is 5.82. The first-order valence-corrected chi connectivity index (χ1v) is 7.82. The molecule has 0 spiro atoms. The first-order chi connectivity index (χ1) is 12.5. The lowest BCUT2D eigenvalue weighted by Gasteiger charge is -2.16. The maximum absolute atomic E-state index is 11.2. The number of ether oxygens (including phenoxy) is 2. The number of nitrogens with zero attached hydrogens (tertiary/aromatic N) is 4. The average Bonchev–Trinajstić information content (AvgIpc) is 3.16. The lowest BCUT2D eigenvalue weighted by atomic mass is 10.1. The summed E-state index contributed by atoms with van der Waals surface area (Å²) in [7, 11) is 0. The number of rotatable bonds is 3. The molecule has 0 radical (unpaired) electrons. The van der Waals surface area contributed by atoms with Crippen LogP contribution in [0.5, 0.6) is 0 Å². The maximum atomic E-state index is 11.2. The van der Waals surface area contributed by atoms with Crippen LogP contribution in [0.1, 0.15) is 13.2 Å². The topological polar surface area (TPSA) is 146 Å². The molecule has 0 aliphatic carbocycles. The molecule has 0 aromatic carbocycles. The zero-order valence-corrected chi connectivity index (χ0v) is 13.8. The summed E-state index contributed by atoms with van der Waals surface area (Å²) >= 11 is 0. The first-order valence-electron chi connectivity index (χ1n) is 7.82. The molecule has 0 amide bonds. The molecular formula is C16H17N5O5. The van der Waals surface area contributed by atoms with Crippen LogP contribution in [0, 0.1) is 11.8 Å². The van der Waals surface area contributed by atoms with Gasteiger partial charge in [-0.3, -0.25) is 4.57 Å². The second kappa shape index (κ2) is 7.49. The highest BCUT2D eigenvalue weighted by Gasteiger charge is 2.43. The van der Waals surface area contributed by atoms with Crippen LogP contribution in [-0.4, -0.2) is 60.6 Å². The van der Waals surface area contributed by atoms with Crippen molar-refractivity contribution in [3.8, 4) is 11.8 Å². The van der Waals surface area contributed by atoms with Gasteiger partial charge in [0.05, 0.1) is 12.9 Å². The number of imidazole rings is 1. The van der Waals surface area contributed by atoms with E-state index in [9.17, 15) is 15.0 Å². The van der Waals surface area contributed by atoms with Crippen molar-refractivity contribution < 1.29 is 24.5 Å². The predicted molar refractivity (Wildman–Crippen MR) is 89.2 cm³/mol. The van der Waals surface area contributed by atoms with Crippen molar-refractivity contribution in [2.24, 2.45) is 0 Å². The molecule has 2 aromatic heterocycles. The van der Waals surface area contributed by atoms with Crippen LogP contribution in [-0.2, 0) is 14.3 Å². The van der Waals surface area contributed by atoms with Gasteiger partial charge < -0.3 is 25.4 Å². The molecule has 1 aliphatic heterocycles. The fraction of sp³-hybridized carbons (Fsp3) is 0.375. The quantitative estimate of drug-likeness (QED) is 0.362. The SMILES string of the molecule is CCOC(=O)/C=C\C#C[C@H]1OC(n2cnc3c(N)ncnc32)[C@H](O)[C@@H]1O. The van der Waals surface area contributed by atoms with Crippen molar-refractivity contribution in [3.05, 3.63) is 24.8 Å². The number of hydrogen-bond donors (Lipinski definition) is 3. The molecule has 1 fully saturated rings. The number of carbonyl (C=O) groups is 1. The van der Waals surface area contributed by atoms with Crippen LogP contribution in [0.2, 0.25) is 0 Å². The molecule has 26 heavy (non-hydrogen) atoms. The van der Waals surface area contributed by atoms with Crippen molar-refractivity contribution in [2.45, 2.75) is 31.5 Å². The molecule has 1 saturated heterocycles. The Kier molecular flexibility index (Phi) is 5.13. The Morgan fingerprint density at radius 1 is 1.42 bits per heavy atom. The number of nitrogen functional groups attached to an aromatic ring is 1. The van der Waals surface area contributed by atoms with Crippen molar-refractivity contribution in [1.82, 2.24) is 19.5 Å². The largest absolute Gasteiger partial charge is 0.463 e. The normalized spacial score (nSPS) is 25.3. The molecule has 0 saturated carbocycles. The van der Waals surface area contributed by atoms with E-state index in [2.05, 4.69) is 26.8 Å². The molecule has 3 rings (SSSR count). The smallest absolute Gasteiger partial charge is 0.331 e. The van der Waals surface area contributed by atoms with Gasteiger partial charge in [-0.15, -0.1) is 0 Å². The Bertz CT molecular complexity index is 899. The first kappa shape index (κ1) is 17.8. The van der Waals surface area contributed by atoms with Crippen LogP contribution < -0.4 is 5.73 Å². The Morgan fingerprint density at radius 2 is 2.23 bits per heavy atom. The summed E-state index contributed by atoms with van der Waals surface area (Å²) in [5, 5.41) is 20.4. The summed E-state index contributed by atoms with van der Waals surface area (Å²) in [6.45, 7) is 1.96. The molecule has 10 nitrogen and oxygen atoms in total. The van der Waals surface area contributed by atoms with E-state index < -0.39 is 30.5 Å². The van der Waals surface area contributed by atoms with E-state index in [0.717, 1.165) is 6.08 Å². The summed E-state index contributed by atoms with van der Waals surface area (Å²) in [6, 6.07) is 0. The molecule has 4 N–H and O–H groups in total. The highest BCUT2D eigenvalue weighted by atomic mass is 16.6. The number of aromatic nitrogens is 4. The van der Waals surface area contributed by atoms with Gasteiger partial charge in [0.15, 0.2) is 17.7 Å². The van der Waals surface area contributed by atoms with Crippen molar-refractivity contribution >= 4 is 23.0 Å². The number of esters is 1. The van der Waals surface area contributed by atoms with Gasteiger partial charge in [0, 0.05) is 6.08 Å². The van der Waals surface area contributed by atoms with Crippen LogP contribution in [0.4, 0.5) is 5.82 Å². The Morgan fingerprint density at radius 3 is 3.00 bits per heavy atom. The number of aliphatic hydroxyl groups excluding tert-OH is 2. The lowest BCUT2D eigenvalue weighted by Crippen LogP contribution is -2.30. The minimum absolute atomic E-state index is 0.197. The third-order valence-electron chi connectivity index (χ3n) is 3.71. The fourth-order valence-electron chi connectivity index (χ4n) is 2.50. The molecule has 10 heteroatoms. The van der Waals surface area contributed by atoms with Gasteiger partial charge in [0.25, 0.3) is 0 Å². The minimum Gasteiger partial charge on any atom is -0.463 e. The lowest BCUT2D eigenvalue weighted by molar-refractivity contribution is -0.137. The Labute approximate surface area is 148 Å². The summed E-state index contributed by atoms with van der Waals surface area (Å²) in [6.07, 6.45) is 0.703. The molecule has 3 heterocycles. The summed E-state index contributed by atoms with van der Waals surface area (Å²) < 4.78 is 11.8. The van der Waals surface area contributed by atoms with Crippen molar-refractivity contribution in [1.29, 1.82) is 0 Å². The van der Waals surface area contributed by atoms with Gasteiger partial charge >= 0.3 is 5.97 Å². The summed E-state index contributed by atoms with van der Waals surface area (Å²) in [4.78, 5) is 23.2. The van der Waals surface area contributed by atoms with E-state index in [0.29, 0.717) is 11.2 Å². The zero-order valence-electron chi connectivity index (χ0n) is 13.8. The number of nitrogens with two attached hydrogens (primary N) is 1. The molecule has 4 atom stereocenters. The molecule has 136 valence electrons. The summed E-state index contributed by atoms with van der Waals surface area (Å²) in [5.41, 5.74) is 6.47. The third kappa shape index (κ3) is 3.36. The Balaban J connectivity index is 1.78. The number of hydrogen-bond acceptors (Lipinski definition) is 9. The van der Waals surface area contributed by atoms with Gasteiger partial charge in [0.2, 0.25) is 0 Å². The van der Waals surface area contributed by atoms with Gasteiger partial charge in [0.1, 0.15) is 30.2 Å². The van der Waals surface area contributed by atoms with Gasteiger partial charge in [-0.05, 0) is 13.0 Å². The maximum Gasteiger partial charge on any atom is 0.331 e. The van der Waals surface area contributed by atoms with Crippen molar-refractivity contribution in [3.63, 3.8) is 0 Å². The summed E-state index contributed by atoms with van der Waals surface area (Å²) in [5.74, 6) is 4.90. The van der Waals surface area contributed by atoms with E-state index in [1.807, 2.05) is 0 Å². The van der Waals surface area contributed by atoms with Gasteiger partial charge in [-0.25, -0.2) is 19.7 Å². The van der Waals surface area contributed by atoms with E-state index in [-0.39, 0.29) is 12.4 Å². The standard InChI is InChI=1S/C16H17N5O5/c1-2-25-10(22)6-4-3-5-9-12(23)13(24)16(26-9)21-8-20-11-14(17)18-7-19-15(11)21/h4,6-9,12-13,16,23-24H,2H2,1H3,(H2,17,18,19)/b6-4-/t9-,12-,13-,16?/m1/s1. The highest BCUT2D eigenvalue weighted by Crippen LogP contribution is 2.31. The Hall–Kier alpha value is -3.00. The fourth-order valence-corrected chi connectivity index (χ4v) is 2.50. The predicted octanol–water partition coefficient (Wildman–Crippen LogP) is -0.850. The van der Waals surface area contributed by atoms with Crippen LogP contribution in [0.3, 0.4) is 0 Å². The second-order valence-corrected chi connectivity index (χ2v) is 5.39. The third-order valence-corrected chi connectivity index (χ3v) is 3.71. The van der Waals surface area contributed by atoms with Crippen LogP contribution in [0.25, 0.3) is 11.2 Å². The van der Waals surface area contributed by atoms with E-state index >= 15 is 0 Å². The minimum atomic E-state index is -1.25. The van der Waals surface area contributed by atoms with Crippen LogP contribution in [0.15, 0.2) is 24.8 Å². The average molecular weight is 359 g/mol.